The van der Waals surface area contributed by atoms with Gasteiger partial charge in [-0.15, -0.1) is 13.2 Å². The Morgan fingerprint density at radius 1 is 1.12 bits per heavy atom. The Kier molecular flexibility index (Phi) is 9.10. The molecule has 4 rings (SSSR count). The van der Waals surface area contributed by atoms with Crippen LogP contribution >= 0.6 is 0 Å². The van der Waals surface area contributed by atoms with Gasteiger partial charge in [0.1, 0.15) is 11.6 Å². The molecule has 8 nitrogen and oxygen atoms in total. The number of carbonyl (C=O) groups excluding carboxylic acids is 3. The topological polar surface area (TPSA) is 90.4 Å². The second-order valence-electron chi connectivity index (χ2n) is 13.5. The smallest absolute Gasteiger partial charge is 0.249 e. The highest BCUT2D eigenvalue weighted by atomic mass is 16.5. The van der Waals surface area contributed by atoms with Gasteiger partial charge in [0, 0.05) is 25.2 Å². The molecule has 1 aromatic carbocycles. The molecule has 3 aliphatic rings. The van der Waals surface area contributed by atoms with E-state index in [2.05, 4.69) is 13.2 Å². The van der Waals surface area contributed by atoms with Gasteiger partial charge >= 0.3 is 0 Å². The fraction of sp³-hybridized carbons (Fsp3) is 0.618. The summed E-state index contributed by atoms with van der Waals surface area (Å²) in [6.45, 7) is 20.2. The molecule has 8 heteroatoms. The number of aliphatic hydroxyl groups excluding tert-OH is 1. The van der Waals surface area contributed by atoms with Gasteiger partial charge in [0.25, 0.3) is 0 Å². The summed E-state index contributed by atoms with van der Waals surface area (Å²) in [4.78, 5) is 49.0. The van der Waals surface area contributed by atoms with E-state index in [4.69, 9.17) is 4.74 Å². The lowest BCUT2D eigenvalue weighted by atomic mass is 9.64. The van der Waals surface area contributed by atoms with Crippen LogP contribution in [0.2, 0.25) is 0 Å². The first-order chi connectivity index (χ1) is 19.8. The Bertz CT molecular complexity index is 1190. The van der Waals surface area contributed by atoms with Crippen molar-refractivity contribution in [3.05, 3.63) is 61.2 Å². The maximum atomic E-state index is 14.7. The lowest BCUT2D eigenvalue weighted by Crippen LogP contribution is -2.62. The zero-order valence-electron chi connectivity index (χ0n) is 26.2. The average molecular weight is 580 g/mol. The molecular weight excluding hydrogens is 530 g/mol. The molecule has 3 amide bonds. The lowest BCUT2D eigenvalue weighted by Gasteiger charge is -2.44. The van der Waals surface area contributed by atoms with Crippen molar-refractivity contribution in [2.24, 2.45) is 17.8 Å². The molecule has 0 aromatic heterocycles. The molecule has 6 atom stereocenters. The van der Waals surface area contributed by atoms with E-state index in [9.17, 15) is 19.5 Å². The quantitative estimate of drug-likeness (QED) is 0.375. The third-order valence-electron chi connectivity index (χ3n) is 9.70. The number of aliphatic hydroxyl groups is 1. The van der Waals surface area contributed by atoms with Crippen molar-refractivity contribution in [3.63, 3.8) is 0 Å². The molecule has 2 bridgehead atoms. The monoisotopic (exact) mass is 579 g/mol. The Hall–Kier alpha value is -2.97. The number of rotatable bonds is 12. The molecule has 1 aromatic rings. The number of benzene rings is 1. The summed E-state index contributed by atoms with van der Waals surface area (Å²) in [6.07, 6.45) is 5.02. The van der Waals surface area contributed by atoms with E-state index in [1.54, 1.807) is 26.9 Å². The molecule has 0 saturated carbocycles. The highest BCUT2D eigenvalue weighted by molar-refractivity contribution is 5.99. The Morgan fingerprint density at radius 3 is 2.29 bits per heavy atom. The van der Waals surface area contributed by atoms with E-state index >= 15 is 0 Å². The minimum absolute atomic E-state index is 0.117. The lowest BCUT2D eigenvalue weighted by molar-refractivity contribution is -0.161. The maximum Gasteiger partial charge on any atom is 0.249 e. The van der Waals surface area contributed by atoms with Crippen LogP contribution in [0.15, 0.2) is 55.6 Å². The summed E-state index contributed by atoms with van der Waals surface area (Å²) in [5.74, 6) is -2.35. The van der Waals surface area contributed by atoms with Crippen molar-refractivity contribution in [3.8, 4) is 0 Å². The number of nitrogens with zero attached hydrogens (tertiary/aromatic N) is 3. The van der Waals surface area contributed by atoms with E-state index < -0.39 is 40.7 Å². The minimum atomic E-state index is -1.16. The van der Waals surface area contributed by atoms with Crippen LogP contribution in [-0.4, -0.2) is 86.0 Å². The summed E-state index contributed by atoms with van der Waals surface area (Å²) in [5.41, 5.74) is -1.58. The standard InChI is InChI=1S/C34H49N3O5/c1-9-19-35(21-24-15-13-12-14-16-24)29(39)26-27-30(40)37(25(22-38)23(4)5)28(31(41)36(20-10-2)32(6,7)8)34(27)18-17-33(26,11-3)42-34/h9-10,12-16,23,25-28,38H,1-2,11,17-22H2,3-8H3/t25-,26+,27-,28?,33-,34?/m0/s1. The third-order valence-corrected chi connectivity index (χ3v) is 9.70. The highest BCUT2D eigenvalue weighted by Gasteiger charge is 2.79. The van der Waals surface area contributed by atoms with Crippen molar-refractivity contribution in [2.45, 2.75) is 96.2 Å². The van der Waals surface area contributed by atoms with Gasteiger partial charge in [0.2, 0.25) is 17.7 Å². The van der Waals surface area contributed by atoms with E-state index in [1.165, 1.54) is 0 Å². The Labute approximate surface area is 251 Å². The van der Waals surface area contributed by atoms with Gasteiger partial charge in [-0.25, -0.2) is 0 Å². The summed E-state index contributed by atoms with van der Waals surface area (Å²) in [7, 11) is 0. The van der Waals surface area contributed by atoms with Gasteiger partial charge in [0.05, 0.1) is 30.1 Å². The zero-order valence-corrected chi connectivity index (χ0v) is 26.2. The molecule has 3 saturated heterocycles. The molecule has 2 unspecified atom stereocenters. The highest BCUT2D eigenvalue weighted by Crippen LogP contribution is 2.65. The average Bonchev–Trinajstić information content (AvgIpc) is 3.55. The van der Waals surface area contributed by atoms with Gasteiger partial charge in [-0.2, -0.15) is 0 Å². The summed E-state index contributed by atoms with van der Waals surface area (Å²) >= 11 is 0. The molecule has 3 heterocycles. The molecule has 230 valence electrons. The molecule has 3 aliphatic heterocycles. The molecule has 42 heavy (non-hydrogen) atoms. The van der Waals surface area contributed by atoms with Crippen LogP contribution in [0, 0.1) is 17.8 Å². The minimum Gasteiger partial charge on any atom is -0.394 e. The SMILES string of the molecule is C=CCN(Cc1ccccc1)C(=O)[C@H]1[C@H]2C(=O)N([C@@H](CO)C(C)C)C(C(=O)N(CC=C)C(C)(C)C)C23CC[C@]1(CC)O3. The second kappa shape index (κ2) is 12.0. The van der Waals surface area contributed by atoms with Crippen LogP contribution in [0.4, 0.5) is 0 Å². The predicted octanol–water partition coefficient (Wildman–Crippen LogP) is 4.19. The van der Waals surface area contributed by atoms with Crippen LogP contribution in [0.1, 0.15) is 66.4 Å². The fourth-order valence-electron chi connectivity index (χ4n) is 7.65. The second-order valence-corrected chi connectivity index (χ2v) is 13.5. The van der Waals surface area contributed by atoms with Crippen molar-refractivity contribution in [2.75, 3.05) is 19.7 Å². The van der Waals surface area contributed by atoms with Crippen LogP contribution in [0.3, 0.4) is 0 Å². The van der Waals surface area contributed by atoms with E-state index in [0.29, 0.717) is 38.9 Å². The molecule has 0 radical (unpaired) electrons. The number of likely N-dealkylation sites (tertiary alicyclic amines) is 1. The number of hydrogen-bond donors (Lipinski definition) is 1. The van der Waals surface area contributed by atoms with Crippen LogP contribution in [0.25, 0.3) is 0 Å². The molecular formula is C34H49N3O5. The van der Waals surface area contributed by atoms with Gasteiger partial charge in [0.15, 0.2) is 0 Å². The van der Waals surface area contributed by atoms with Gasteiger partial charge in [-0.3, -0.25) is 14.4 Å². The summed E-state index contributed by atoms with van der Waals surface area (Å²) < 4.78 is 6.99. The summed E-state index contributed by atoms with van der Waals surface area (Å²) in [6, 6.07) is 8.21. The summed E-state index contributed by atoms with van der Waals surface area (Å²) in [5, 5.41) is 10.5. The third kappa shape index (κ3) is 5.11. The normalized spacial score (nSPS) is 29.0. The number of amides is 3. The Morgan fingerprint density at radius 2 is 1.76 bits per heavy atom. The van der Waals surface area contributed by atoms with Crippen LogP contribution in [-0.2, 0) is 25.7 Å². The number of carbonyl (C=O) groups is 3. The van der Waals surface area contributed by atoms with E-state index in [-0.39, 0.29) is 30.2 Å². The molecule has 1 N–H and O–H groups in total. The van der Waals surface area contributed by atoms with Gasteiger partial charge < -0.3 is 24.5 Å². The molecule has 3 fully saturated rings. The zero-order chi connectivity index (χ0) is 31.0. The van der Waals surface area contributed by atoms with E-state index in [1.807, 2.05) is 71.9 Å². The van der Waals surface area contributed by atoms with Gasteiger partial charge in [-0.1, -0.05) is 63.3 Å². The van der Waals surface area contributed by atoms with Crippen molar-refractivity contribution < 1.29 is 24.2 Å². The van der Waals surface area contributed by atoms with Crippen LogP contribution < -0.4 is 0 Å². The first-order valence-electron chi connectivity index (χ1n) is 15.3. The Balaban J connectivity index is 1.85. The maximum absolute atomic E-state index is 14.7. The number of fused-ring (bicyclic) bond motifs is 1. The number of ether oxygens (including phenoxy) is 1. The van der Waals surface area contributed by atoms with Crippen molar-refractivity contribution in [1.29, 1.82) is 0 Å². The van der Waals surface area contributed by atoms with E-state index in [0.717, 1.165) is 5.56 Å². The predicted molar refractivity (Wildman–Crippen MR) is 163 cm³/mol. The molecule has 1 spiro atoms. The van der Waals surface area contributed by atoms with Crippen LogP contribution in [0.5, 0.6) is 0 Å². The number of hydrogen-bond acceptors (Lipinski definition) is 5. The van der Waals surface area contributed by atoms with Gasteiger partial charge in [-0.05, 0) is 51.5 Å². The van der Waals surface area contributed by atoms with Crippen molar-refractivity contribution >= 4 is 17.7 Å². The molecule has 0 aliphatic carbocycles. The fourth-order valence-corrected chi connectivity index (χ4v) is 7.65. The first-order valence-corrected chi connectivity index (χ1v) is 15.3. The van der Waals surface area contributed by atoms with Crippen molar-refractivity contribution in [1.82, 2.24) is 14.7 Å². The first kappa shape index (κ1) is 32.0. The largest absolute Gasteiger partial charge is 0.394 e.